The Hall–Kier alpha value is -1.23. The number of hydrogen-bond acceptors (Lipinski definition) is 2. The van der Waals surface area contributed by atoms with Crippen molar-refractivity contribution in [3.63, 3.8) is 0 Å². The van der Waals surface area contributed by atoms with Crippen LogP contribution >= 0.6 is 11.6 Å². The standard InChI is InChI=1S/C8H6ClF2NO2/c1-3-6(7(10)11)4(9)2-5(12-3)8(13)14/h2,7H,1H3,(H,13,14). The maximum absolute atomic E-state index is 12.3. The van der Waals surface area contributed by atoms with Crippen LogP contribution in [0, 0.1) is 6.92 Å². The summed E-state index contributed by atoms with van der Waals surface area (Å²) >= 11 is 5.49. The van der Waals surface area contributed by atoms with Gasteiger partial charge in [-0.3, -0.25) is 0 Å². The topological polar surface area (TPSA) is 50.2 Å². The molecule has 0 saturated carbocycles. The molecule has 14 heavy (non-hydrogen) atoms. The van der Waals surface area contributed by atoms with E-state index in [0.29, 0.717) is 0 Å². The summed E-state index contributed by atoms with van der Waals surface area (Å²) in [4.78, 5) is 14.0. The molecule has 3 nitrogen and oxygen atoms in total. The SMILES string of the molecule is Cc1nc(C(=O)O)cc(Cl)c1C(F)F. The Morgan fingerprint density at radius 3 is 2.57 bits per heavy atom. The number of carboxylic acid groups (broad SMARTS) is 1. The number of rotatable bonds is 2. The van der Waals surface area contributed by atoms with E-state index in [1.807, 2.05) is 0 Å². The number of halogens is 3. The van der Waals surface area contributed by atoms with Gasteiger partial charge in [-0.1, -0.05) is 11.6 Å². The molecule has 0 bridgehead atoms. The van der Waals surface area contributed by atoms with Crippen LogP contribution in [0.4, 0.5) is 8.78 Å². The molecule has 1 aromatic rings. The molecule has 0 fully saturated rings. The van der Waals surface area contributed by atoms with Crippen molar-refractivity contribution < 1.29 is 18.7 Å². The van der Waals surface area contributed by atoms with Crippen molar-refractivity contribution in [2.75, 3.05) is 0 Å². The van der Waals surface area contributed by atoms with Crippen LogP contribution in [-0.2, 0) is 0 Å². The smallest absolute Gasteiger partial charge is 0.354 e. The fraction of sp³-hybridized carbons (Fsp3) is 0.250. The maximum Gasteiger partial charge on any atom is 0.354 e. The summed E-state index contributed by atoms with van der Waals surface area (Å²) in [5, 5.41) is 8.28. The first-order chi connectivity index (χ1) is 6.43. The maximum atomic E-state index is 12.3. The summed E-state index contributed by atoms with van der Waals surface area (Å²) in [5.74, 6) is -1.30. The van der Waals surface area contributed by atoms with E-state index in [0.717, 1.165) is 6.07 Å². The summed E-state index contributed by atoms with van der Waals surface area (Å²) in [5.41, 5.74) is -0.821. The third kappa shape index (κ3) is 1.98. The minimum absolute atomic E-state index is 0.0649. The lowest BCUT2D eigenvalue weighted by atomic mass is 10.2. The number of alkyl halides is 2. The zero-order valence-electron chi connectivity index (χ0n) is 7.09. The van der Waals surface area contributed by atoms with Gasteiger partial charge < -0.3 is 5.11 Å². The first-order valence-corrected chi connectivity index (χ1v) is 3.99. The van der Waals surface area contributed by atoms with Crippen molar-refractivity contribution >= 4 is 17.6 Å². The molecule has 0 saturated heterocycles. The van der Waals surface area contributed by atoms with E-state index >= 15 is 0 Å². The summed E-state index contributed by atoms with van der Waals surface area (Å²) in [6, 6.07) is 0.915. The van der Waals surface area contributed by atoms with E-state index in [1.54, 1.807) is 0 Å². The average molecular weight is 222 g/mol. The van der Waals surface area contributed by atoms with E-state index in [2.05, 4.69) is 4.98 Å². The Labute approximate surface area is 83.3 Å². The third-order valence-corrected chi connectivity index (χ3v) is 1.95. The second-order valence-electron chi connectivity index (χ2n) is 2.59. The molecule has 0 aromatic carbocycles. The number of hydrogen-bond donors (Lipinski definition) is 1. The van der Waals surface area contributed by atoms with Crippen LogP contribution in [0.1, 0.15) is 28.2 Å². The van der Waals surface area contributed by atoms with E-state index in [9.17, 15) is 13.6 Å². The minimum Gasteiger partial charge on any atom is -0.477 e. The molecule has 1 aromatic heterocycles. The van der Waals surface area contributed by atoms with Crippen LogP contribution in [0.5, 0.6) is 0 Å². The fourth-order valence-corrected chi connectivity index (χ4v) is 1.34. The number of nitrogens with zero attached hydrogens (tertiary/aromatic N) is 1. The average Bonchev–Trinajstić information content (AvgIpc) is 2.01. The van der Waals surface area contributed by atoms with Gasteiger partial charge in [-0.05, 0) is 13.0 Å². The Balaban J connectivity index is 3.32. The molecule has 0 amide bonds. The highest BCUT2D eigenvalue weighted by Gasteiger charge is 2.19. The number of pyridine rings is 1. The lowest BCUT2D eigenvalue weighted by molar-refractivity contribution is 0.0689. The number of aromatic nitrogens is 1. The fourth-order valence-electron chi connectivity index (χ4n) is 1.02. The van der Waals surface area contributed by atoms with Crippen molar-refractivity contribution in [2.45, 2.75) is 13.3 Å². The predicted octanol–water partition coefficient (Wildman–Crippen LogP) is 2.68. The Kier molecular flexibility index (Phi) is 3.00. The highest BCUT2D eigenvalue weighted by Crippen LogP contribution is 2.29. The van der Waals surface area contributed by atoms with E-state index in [-0.39, 0.29) is 16.4 Å². The predicted molar refractivity (Wildman–Crippen MR) is 45.9 cm³/mol. The van der Waals surface area contributed by atoms with Crippen LogP contribution in [0.2, 0.25) is 5.02 Å². The second-order valence-corrected chi connectivity index (χ2v) is 3.00. The van der Waals surface area contributed by atoms with Gasteiger partial charge in [-0.25, -0.2) is 18.6 Å². The van der Waals surface area contributed by atoms with Gasteiger partial charge in [0.1, 0.15) is 5.69 Å². The summed E-state index contributed by atoms with van der Waals surface area (Å²) in [7, 11) is 0. The first kappa shape index (κ1) is 10.8. The lowest BCUT2D eigenvalue weighted by Crippen LogP contribution is -2.04. The second kappa shape index (κ2) is 3.88. The normalized spacial score (nSPS) is 10.6. The van der Waals surface area contributed by atoms with Gasteiger partial charge in [-0.15, -0.1) is 0 Å². The van der Waals surface area contributed by atoms with Gasteiger partial charge in [0.25, 0.3) is 6.43 Å². The van der Waals surface area contributed by atoms with E-state index in [4.69, 9.17) is 16.7 Å². The Morgan fingerprint density at radius 2 is 2.21 bits per heavy atom. The van der Waals surface area contributed by atoms with Crippen LogP contribution in [-0.4, -0.2) is 16.1 Å². The molecule has 0 aliphatic carbocycles. The molecule has 0 spiro atoms. The largest absolute Gasteiger partial charge is 0.477 e. The van der Waals surface area contributed by atoms with Crippen molar-refractivity contribution in [3.05, 3.63) is 28.0 Å². The van der Waals surface area contributed by atoms with Crippen molar-refractivity contribution in [1.82, 2.24) is 4.98 Å². The van der Waals surface area contributed by atoms with Crippen molar-refractivity contribution in [3.8, 4) is 0 Å². The van der Waals surface area contributed by atoms with Gasteiger partial charge >= 0.3 is 5.97 Å². The van der Waals surface area contributed by atoms with E-state index < -0.39 is 18.0 Å². The van der Waals surface area contributed by atoms with E-state index in [1.165, 1.54) is 6.92 Å². The summed E-state index contributed by atoms with van der Waals surface area (Å²) in [6.07, 6.45) is -2.75. The number of carbonyl (C=O) groups is 1. The first-order valence-electron chi connectivity index (χ1n) is 3.62. The molecule has 76 valence electrons. The Bertz CT molecular complexity index is 359. The van der Waals surface area contributed by atoms with Gasteiger partial charge in [-0.2, -0.15) is 0 Å². The van der Waals surface area contributed by atoms with Crippen LogP contribution in [0.25, 0.3) is 0 Å². The highest BCUT2D eigenvalue weighted by molar-refractivity contribution is 6.31. The molecular formula is C8H6ClF2NO2. The number of aromatic carboxylic acids is 1. The van der Waals surface area contributed by atoms with Crippen LogP contribution < -0.4 is 0 Å². The van der Waals surface area contributed by atoms with Gasteiger partial charge in [0, 0.05) is 5.69 Å². The molecule has 6 heteroatoms. The molecule has 1 heterocycles. The van der Waals surface area contributed by atoms with Gasteiger partial charge in [0.15, 0.2) is 0 Å². The van der Waals surface area contributed by atoms with Crippen molar-refractivity contribution in [2.24, 2.45) is 0 Å². The molecule has 0 aliphatic heterocycles. The third-order valence-electron chi connectivity index (χ3n) is 1.64. The molecule has 0 atom stereocenters. The summed E-state index contributed by atoms with van der Waals surface area (Å²) in [6.45, 7) is 1.29. The number of aryl methyl sites for hydroxylation is 1. The molecule has 0 radical (unpaired) electrons. The van der Waals surface area contributed by atoms with Crippen LogP contribution in [0.15, 0.2) is 6.07 Å². The summed E-state index contributed by atoms with van der Waals surface area (Å²) < 4.78 is 24.7. The molecule has 1 N–H and O–H groups in total. The lowest BCUT2D eigenvalue weighted by Gasteiger charge is -2.07. The molecule has 0 unspecified atom stereocenters. The molecule has 1 rings (SSSR count). The van der Waals surface area contributed by atoms with Crippen molar-refractivity contribution in [1.29, 1.82) is 0 Å². The Morgan fingerprint density at radius 1 is 1.64 bits per heavy atom. The number of carboxylic acids is 1. The van der Waals surface area contributed by atoms with Gasteiger partial charge in [0.05, 0.1) is 10.6 Å². The zero-order valence-corrected chi connectivity index (χ0v) is 7.85. The monoisotopic (exact) mass is 221 g/mol. The zero-order chi connectivity index (χ0) is 10.9. The van der Waals surface area contributed by atoms with Gasteiger partial charge in [0.2, 0.25) is 0 Å². The highest BCUT2D eigenvalue weighted by atomic mass is 35.5. The molecular weight excluding hydrogens is 216 g/mol. The van der Waals surface area contributed by atoms with Crippen LogP contribution in [0.3, 0.4) is 0 Å². The minimum atomic E-state index is -2.75. The molecule has 0 aliphatic rings. The quantitative estimate of drug-likeness (QED) is 0.835.